The maximum Gasteiger partial charge on any atom is 0.233 e. The van der Waals surface area contributed by atoms with Gasteiger partial charge >= 0.3 is 0 Å². The van der Waals surface area contributed by atoms with E-state index in [2.05, 4.69) is 16.7 Å². The topological polar surface area (TPSA) is 50.4 Å². The number of benzene rings is 1. The Morgan fingerprint density at radius 1 is 1.25 bits per heavy atom. The van der Waals surface area contributed by atoms with Crippen LogP contribution in [0.4, 0.5) is 0 Å². The average molecular weight is 373 g/mol. The van der Waals surface area contributed by atoms with Crippen LogP contribution in [0.5, 0.6) is 0 Å². The van der Waals surface area contributed by atoms with E-state index >= 15 is 0 Å². The van der Waals surface area contributed by atoms with Crippen molar-refractivity contribution in [3.63, 3.8) is 0 Å². The Bertz CT molecular complexity index is 544. The highest BCUT2D eigenvalue weighted by molar-refractivity contribution is 6.31. The Morgan fingerprint density at radius 2 is 1.96 bits per heavy atom. The summed E-state index contributed by atoms with van der Waals surface area (Å²) in [5.41, 5.74) is 0.999. The zero-order valence-electron chi connectivity index (χ0n) is 13.9. The number of ether oxygens (including phenoxy) is 1. The van der Waals surface area contributed by atoms with E-state index in [1.165, 1.54) is 12.8 Å². The molecule has 0 bridgehead atoms. The predicted molar refractivity (Wildman–Crippen MR) is 99.0 cm³/mol. The monoisotopic (exact) mass is 372 g/mol. The molecule has 24 heavy (non-hydrogen) atoms. The van der Waals surface area contributed by atoms with Crippen molar-refractivity contribution in [2.24, 2.45) is 5.92 Å². The maximum absolute atomic E-state index is 12.1. The molecule has 4 nitrogen and oxygen atoms in total. The van der Waals surface area contributed by atoms with Gasteiger partial charge in [0.15, 0.2) is 0 Å². The average Bonchev–Trinajstić information content (AvgIpc) is 3.39. The minimum absolute atomic E-state index is 0. The van der Waals surface area contributed by atoms with Crippen LogP contribution in [0.15, 0.2) is 24.3 Å². The standard InChI is InChI=1S/C18H25ClN2O2.ClH/c19-16-4-2-1-3-15(16)18(7-9-23-10-8-18)13-21-17(22)12-20-11-14-5-6-14;/h1-4,14,20H,5-13H2,(H,21,22);1H. The van der Waals surface area contributed by atoms with E-state index in [1.807, 2.05) is 18.2 Å². The number of hydrogen-bond acceptors (Lipinski definition) is 3. The smallest absolute Gasteiger partial charge is 0.233 e. The molecule has 2 aliphatic rings. The molecular formula is C18H26Cl2N2O2. The van der Waals surface area contributed by atoms with E-state index in [0.717, 1.165) is 35.9 Å². The number of halogens is 2. The third kappa shape index (κ3) is 5.09. The fourth-order valence-electron chi connectivity index (χ4n) is 3.24. The molecule has 1 saturated carbocycles. The zero-order valence-corrected chi connectivity index (χ0v) is 15.4. The van der Waals surface area contributed by atoms with Gasteiger partial charge in [0.2, 0.25) is 5.91 Å². The molecular weight excluding hydrogens is 347 g/mol. The van der Waals surface area contributed by atoms with Crippen molar-refractivity contribution in [3.05, 3.63) is 34.9 Å². The summed E-state index contributed by atoms with van der Waals surface area (Å²) in [6, 6.07) is 7.95. The molecule has 1 heterocycles. The molecule has 2 N–H and O–H groups in total. The van der Waals surface area contributed by atoms with Gasteiger partial charge in [-0.3, -0.25) is 4.79 Å². The van der Waals surface area contributed by atoms with Crippen LogP contribution in [-0.2, 0) is 14.9 Å². The van der Waals surface area contributed by atoms with Crippen molar-refractivity contribution in [3.8, 4) is 0 Å². The van der Waals surface area contributed by atoms with Gasteiger partial charge in [0, 0.05) is 30.2 Å². The number of carbonyl (C=O) groups is 1. The molecule has 134 valence electrons. The quantitative estimate of drug-likeness (QED) is 0.773. The maximum atomic E-state index is 12.1. The molecule has 0 atom stereocenters. The fourth-order valence-corrected chi connectivity index (χ4v) is 3.57. The van der Waals surface area contributed by atoms with Crippen LogP contribution in [0.2, 0.25) is 5.02 Å². The first kappa shape index (κ1) is 19.5. The highest BCUT2D eigenvalue weighted by Gasteiger charge is 2.36. The molecule has 1 aliphatic heterocycles. The van der Waals surface area contributed by atoms with Crippen LogP contribution < -0.4 is 10.6 Å². The first-order valence-electron chi connectivity index (χ1n) is 8.50. The molecule has 1 saturated heterocycles. The second-order valence-corrected chi connectivity index (χ2v) is 7.13. The zero-order chi connectivity index (χ0) is 16.1. The Kier molecular flexibility index (Phi) is 7.35. The Labute approximate surface area is 155 Å². The van der Waals surface area contributed by atoms with E-state index in [1.54, 1.807) is 0 Å². The van der Waals surface area contributed by atoms with Gasteiger partial charge in [0.1, 0.15) is 0 Å². The Balaban J connectivity index is 0.00000208. The van der Waals surface area contributed by atoms with E-state index in [-0.39, 0.29) is 23.7 Å². The third-order valence-corrected chi connectivity index (χ3v) is 5.26. The largest absolute Gasteiger partial charge is 0.381 e. The van der Waals surface area contributed by atoms with E-state index in [9.17, 15) is 4.79 Å². The van der Waals surface area contributed by atoms with E-state index in [4.69, 9.17) is 16.3 Å². The second-order valence-electron chi connectivity index (χ2n) is 6.72. The highest BCUT2D eigenvalue weighted by atomic mass is 35.5. The van der Waals surface area contributed by atoms with Crippen LogP contribution in [0.1, 0.15) is 31.2 Å². The summed E-state index contributed by atoms with van der Waals surface area (Å²) in [4.78, 5) is 12.1. The number of rotatable bonds is 7. The molecule has 3 rings (SSSR count). The SMILES string of the molecule is Cl.O=C(CNCC1CC1)NCC1(c2ccccc2Cl)CCOCC1. The number of hydrogen-bond donors (Lipinski definition) is 2. The summed E-state index contributed by atoms with van der Waals surface area (Å²) in [7, 11) is 0. The van der Waals surface area contributed by atoms with E-state index < -0.39 is 0 Å². The summed E-state index contributed by atoms with van der Waals surface area (Å²) >= 11 is 6.42. The summed E-state index contributed by atoms with van der Waals surface area (Å²) in [5.74, 6) is 0.844. The molecule has 1 aliphatic carbocycles. The summed E-state index contributed by atoms with van der Waals surface area (Å²) < 4.78 is 5.52. The summed E-state index contributed by atoms with van der Waals surface area (Å²) in [5, 5.41) is 7.11. The van der Waals surface area contributed by atoms with Gasteiger partial charge in [-0.15, -0.1) is 12.4 Å². The van der Waals surface area contributed by atoms with Crippen LogP contribution in [0.25, 0.3) is 0 Å². The Morgan fingerprint density at radius 3 is 2.62 bits per heavy atom. The van der Waals surface area contributed by atoms with Crippen molar-refractivity contribution in [2.75, 3.05) is 32.8 Å². The number of nitrogens with one attached hydrogen (secondary N) is 2. The van der Waals surface area contributed by atoms with Crippen LogP contribution in [0.3, 0.4) is 0 Å². The molecule has 0 aromatic heterocycles. The van der Waals surface area contributed by atoms with Gasteiger partial charge in [0.05, 0.1) is 6.54 Å². The van der Waals surface area contributed by atoms with Crippen LogP contribution in [0, 0.1) is 5.92 Å². The van der Waals surface area contributed by atoms with Crippen molar-refractivity contribution >= 4 is 29.9 Å². The van der Waals surface area contributed by atoms with Gasteiger partial charge in [-0.2, -0.15) is 0 Å². The first-order valence-corrected chi connectivity index (χ1v) is 8.88. The number of amides is 1. The lowest BCUT2D eigenvalue weighted by Crippen LogP contribution is -2.46. The number of carbonyl (C=O) groups excluding carboxylic acids is 1. The van der Waals surface area contributed by atoms with Crippen LogP contribution in [-0.4, -0.2) is 38.8 Å². The van der Waals surface area contributed by atoms with Gasteiger partial charge in [-0.1, -0.05) is 29.8 Å². The summed E-state index contributed by atoms with van der Waals surface area (Å²) in [6.07, 6.45) is 4.35. The molecule has 6 heteroatoms. The van der Waals surface area contributed by atoms with Crippen molar-refractivity contribution in [2.45, 2.75) is 31.1 Å². The third-order valence-electron chi connectivity index (χ3n) is 4.93. The highest BCUT2D eigenvalue weighted by Crippen LogP contribution is 2.38. The molecule has 2 fully saturated rings. The van der Waals surface area contributed by atoms with Crippen molar-refractivity contribution in [1.29, 1.82) is 0 Å². The second kappa shape index (κ2) is 9.04. The predicted octanol–water partition coefficient (Wildman–Crippen LogP) is 2.93. The molecule has 1 aromatic rings. The molecule has 0 unspecified atom stereocenters. The molecule has 1 amide bonds. The first-order chi connectivity index (χ1) is 11.2. The van der Waals surface area contributed by atoms with Gasteiger partial charge in [-0.25, -0.2) is 0 Å². The van der Waals surface area contributed by atoms with Crippen LogP contribution >= 0.6 is 24.0 Å². The fraction of sp³-hybridized carbons (Fsp3) is 0.611. The van der Waals surface area contributed by atoms with Crippen molar-refractivity contribution < 1.29 is 9.53 Å². The summed E-state index contributed by atoms with van der Waals surface area (Å²) in [6.45, 7) is 3.38. The minimum atomic E-state index is -0.122. The lowest BCUT2D eigenvalue weighted by atomic mass is 9.74. The lowest BCUT2D eigenvalue weighted by Gasteiger charge is -2.38. The van der Waals surface area contributed by atoms with Gasteiger partial charge in [0.25, 0.3) is 0 Å². The minimum Gasteiger partial charge on any atom is -0.381 e. The molecule has 0 spiro atoms. The normalized spacial score (nSPS) is 19.4. The van der Waals surface area contributed by atoms with E-state index in [0.29, 0.717) is 26.3 Å². The lowest BCUT2D eigenvalue weighted by molar-refractivity contribution is -0.120. The Hall–Kier alpha value is -0.810. The molecule has 0 radical (unpaired) electrons. The molecule has 1 aromatic carbocycles. The van der Waals surface area contributed by atoms with Crippen molar-refractivity contribution in [1.82, 2.24) is 10.6 Å². The van der Waals surface area contributed by atoms with Gasteiger partial charge < -0.3 is 15.4 Å². The van der Waals surface area contributed by atoms with Gasteiger partial charge in [-0.05, 0) is 49.8 Å².